The van der Waals surface area contributed by atoms with Gasteiger partial charge in [0, 0.05) is 24.6 Å². The van der Waals surface area contributed by atoms with Gasteiger partial charge in [-0.1, -0.05) is 0 Å². The second-order valence-corrected chi connectivity index (χ2v) is 5.40. The summed E-state index contributed by atoms with van der Waals surface area (Å²) in [6.07, 6.45) is 4.60. The zero-order valence-electron chi connectivity index (χ0n) is 11.7. The van der Waals surface area contributed by atoms with Crippen LogP contribution in [-0.2, 0) is 0 Å². The van der Waals surface area contributed by atoms with Crippen LogP contribution >= 0.6 is 11.8 Å². The molecule has 0 spiro atoms. The summed E-state index contributed by atoms with van der Waals surface area (Å²) >= 11 is 1.74. The van der Waals surface area contributed by atoms with Crippen LogP contribution in [0.1, 0.15) is 12.1 Å². The first-order chi connectivity index (χ1) is 9.72. The number of anilines is 1. The second-order valence-electron chi connectivity index (χ2n) is 4.49. The molecular weight excluding hydrogens is 274 g/mol. The standard InChI is InChI=1S/C13H19N5OS/c1-10-5-7-18(17-10)13-4-3-12(15-16-13)14-11(6-8-19)9-20-2/h3-5,7,11,19H,6,8-9H2,1-2H3,(H,14,15). The maximum atomic E-state index is 9.04. The number of thioether (sulfide) groups is 1. The molecule has 6 nitrogen and oxygen atoms in total. The van der Waals surface area contributed by atoms with E-state index < -0.39 is 0 Å². The number of nitrogens with one attached hydrogen (secondary N) is 1. The SMILES string of the molecule is CSCC(CCO)Nc1ccc(-n2ccc(C)n2)nn1. The number of aliphatic hydroxyl groups is 1. The summed E-state index contributed by atoms with van der Waals surface area (Å²) in [5.41, 5.74) is 0.942. The maximum Gasteiger partial charge on any atom is 0.175 e. The van der Waals surface area contributed by atoms with Crippen molar-refractivity contribution in [1.29, 1.82) is 0 Å². The highest BCUT2D eigenvalue weighted by atomic mass is 32.2. The van der Waals surface area contributed by atoms with Crippen molar-refractivity contribution in [3.63, 3.8) is 0 Å². The van der Waals surface area contributed by atoms with Crippen molar-refractivity contribution < 1.29 is 5.11 Å². The van der Waals surface area contributed by atoms with Crippen molar-refractivity contribution in [2.75, 3.05) is 23.9 Å². The average Bonchev–Trinajstić information content (AvgIpc) is 2.87. The summed E-state index contributed by atoms with van der Waals surface area (Å²) in [4.78, 5) is 0. The molecule has 2 rings (SSSR count). The topological polar surface area (TPSA) is 75.9 Å². The van der Waals surface area contributed by atoms with Gasteiger partial charge < -0.3 is 10.4 Å². The highest BCUT2D eigenvalue weighted by molar-refractivity contribution is 7.98. The molecule has 0 saturated heterocycles. The zero-order valence-corrected chi connectivity index (χ0v) is 12.5. The quantitative estimate of drug-likeness (QED) is 0.805. The Morgan fingerprint density at radius 3 is 2.75 bits per heavy atom. The molecule has 2 aromatic rings. The number of aromatic nitrogens is 4. The highest BCUT2D eigenvalue weighted by Gasteiger charge is 2.09. The van der Waals surface area contributed by atoms with E-state index in [1.165, 1.54) is 0 Å². The molecule has 0 bridgehead atoms. The molecule has 0 fully saturated rings. The lowest BCUT2D eigenvalue weighted by Crippen LogP contribution is -2.24. The van der Waals surface area contributed by atoms with Crippen LogP contribution in [0, 0.1) is 6.92 Å². The molecule has 0 aliphatic carbocycles. The van der Waals surface area contributed by atoms with Gasteiger partial charge in [-0.05, 0) is 37.8 Å². The average molecular weight is 293 g/mol. The molecule has 0 amide bonds. The third-order valence-electron chi connectivity index (χ3n) is 2.81. The van der Waals surface area contributed by atoms with Crippen molar-refractivity contribution in [3.05, 3.63) is 30.1 Å². The van der Waals surface area contributed by atoms with Gasteiger partial charge in [-0.25, -0.2) is 4.68 Å². The lowest BCUT2D eigenvalue weighted by Gasteiger charge is -2.16. The summed E-state index contributed by atoms with van der Waals surface area (Å²) in [5.74, 6) is 2.32. The Hall–Kier alpha value is -1.60. The van der Waals surface area contributed by atoms with Gasteiger partial charge in [0.15, 0.2) is 5.82 Å². The minimum atomic E-state index is 0.163. The first kappa shape index (κ1) is 14.8. The van der Waals surface area contributed by atoms with E-state index in [0.29, 0.717) is 18.1 Å². The van der Waals surface area contributed by atoms with Gasteiger partial charge in [0.1, 0.15) is 5.82 Å². The zero-order chi connectivity index (χ0) is 14.4. The summed E-state index contributed by atoms with van der Waals surface area (Å²) in [7, 11) is 0. The van der Waals surface area contributed by atoms with Gasteiger partial charge in [0.05, 0.1) is 5.69 Å². The van der Waals surface area contributed by atoms with E-state index in [-0.39, 0.29) is 12.6 Å². The summed E-state index contributed by atoms with van der Waals surface area (Å²) in [6.45, 7) is 2.10. The molecular formula is C13H19N5OS. The van der Waals surface area contributed by atoms with Crippen molar-refractivity contribution in [2.45, 2.75) is 19.4 Å². The van der Waals surface area contributed by atoms with Gasteiger partial charge in [-0.3, -0.25) is 0 Å². The fraction of sp³-hybridized carbons (Fsp3) is 0.462. The smallest absolute Gasteiger partial charge is 0.175 e. The molecule has 2 N–H and O–H groups in total. The number of aryl methyl sites for hydroxylation is 1. The lowest BCUT2D eigenvalue weighted by molar-refractivity contribution is 0.282. The molecule has 20 heavy (non-hydrogen) atoms. The molecule has 1 atom stereocenters. The van der Waals surface area contributed by atoms with Crippen LogP contribution in [0.4, 0.5) is 5.82 Å². The van der Waals surface area contributed by atoms with E-state index >= 15 is 0 Å². The van der Waals surface area contributed by atoms with E-state index in [9.17, 15) is 0 Å². The third-order valence-corrected chi connectivity index (χ3v) is 3.54. The molecule has 0 aromatic carbocycles. The number of rotatable bonds is 7. The van der Waals surface area contributed by atoms with E-state index in [4.69, 9.17) is 5.11 Å². The predicted octanol–water partition coefficient (Wildman–Crippen LogP) is 1.50. The predicted molar refractivity (Wildman–Crippen MR) is 81.4 cm³/mol. The molecule has 108 valence electrons. The molecule has 0 saturated carbocycles. The van der Waals surface area contributed by atoms with E-state index in [1.807, 2.05) is 37.6 Å². The highest BCUT2D eigenvalue weighted by Crippen LogP contribution is 2.11. The lowest BCUT2D eigenvalue weighted by atomic mass is 10.2. The van der Waals surface area contributed by atoms with Gasteiger partial charge in [0.25, 0.3) is 0 Å². The molecule has 7 heteroatoms. The number of hydrogen-bond donors (Lipinski definition) is 2. The maximum absolute atomic E-state index is 9.04. The molecule has 0 aliphatic heterocycles. The third kappa shape index (κ3) is 3.94. The fourth-order valence-corrected chi connectivity index (χ4v) is 2.48. The Morgan fingerprint density at radius 2 is 2.20 bits per heavy atom. The first-order valence-corrected chi connectivity index (χ1v) is 7.85. The monoisotopic (exact) mass is 293 g/mol. The molecule has 0 aliphatic rings. The first-order valence-electron chi connectivity index (χ1n) is 6.45. The fourth-order valence-electron chi connectivity index (χ4n) is 1.83. The van der Waals surface area contributed by atoms with Crippen molar-refractivity contribution in [2.24, 2.45) is 0 Å². The summed E-state index contributed by atoms with van der Waals surface area (Å²) in [5, 5.41) is 24.9. The van der Waals surface area contributed by atoms with Crippen LogP contribution in [0.25, 0.3) is 5.82 Å². The minimum absolute atomic E-state index is 0.163. The van der Waals surface area contributed by atoms with E-state index in [2.05, 4.69) is 20.6 Å². The second kappa shape index (κ2) is 7.25. The Kier molecular flexibility index (Phi) is 5.37. The van der Waals surface area contributed by atoms with Crippen molar-refractivity contribution >= 4 is 17.6 Å². The summed E-state index contributed by atoms with van der Waals surface area (Å²) < 4.78 is 1.69. The van der Waals surface area contributed by atoms with Crippen LogP contribution in [0.5, 0.6) is 0 Å². The molecule has 1 unspecified atom stereocenters. The van der Waals surface area contributed by atoms with Gasteiger partial charge in [0.2, 0.25) is 0 Å². The van der Waals surface area contributed by atoms with Crippen LogP contribution in [-0.4, -0.2) is 49.7 Å². The van der Waals surface area contributed by atoms with Gasteiger partial charge in [-0.2, -0.15) is 16.9 Å². The van der Waals surface area contributed by atoms with Gasteiger partial charge in [-0.15, -0.1) is 10.2 Å². The Morgan fingerprint density at radius 1 is 1.35 bits per heavy atom. The summed E-state index contributed by atoms with van der Waals surface area (Å²) in [6, 6.07) is 5.87. The molecule has 0 radical (unpaired) electrons. The van der Waals surface area contributed by atoms with Crippen molar-refractivity contribution in [3.8, 4) is 5.82 Å². The molecule has 2 aromatic heterocycles. The van der Waals surface area contributed by atoms with Crippen LogP contribution in [0.2, 0.25) is 0 Å². The minimum Gasteiger partial charge on any atom is -0.396 e. The number of aliphatic hydroxyl groups excluding tert-OH is 1. The van der Waals surface area contributed by atoms with Crippen molar-refractivity contribution in [1.82, 2.24) is 20.0 Å². The Labute approximate surface area is 122 Å². The van der Waals surface area contributed by atoms with E-state index in [0.717, 1.165) is 11.4 Å². The van der Waals surface area contributed by atoms with Crippen LogP contribution in [0.3, 0.4) is 0 Å². The number of hydrogen-bond acceptors (Lipinski definition) is 6. The molecule has 2 heterocycles. The largest absolute Gasteiger partial charge is 0.396 e. The Balaban J connectivity index is 2.03. The Bertz CT molecular complexity index is 522. The van der Waals surface area contributed by atoms with Crippen LogP contribution in [0.15, 0.2) is 24.4 Å². The number of nitrogens with zero attached hydrogens (tertiary/aromatic N) is 4. The normalized spacial score (nSPS) is 12.3. The van der Waals surface area contributed by atoms with Crippen LogP contribution < -0.4 is 5.32 Å². The van der Waals surface area contributed by atoms with Gasteiger partial charge >= 0.3 is 0 Å². The van der Waals surface area contributed by atoms with E-state index in [1.54, 1.807) is 16.4 Å².